The van der Waals surface area contributed by atoms with Crippen molar-refractivity contribution in [3.63, 3.8) is 0 Å². The van der Waals surface area contributed by atoms with Crippen molar-refractivity contribution in [1.82, 2.24) is 0 Å². The Kier molecular flexibility index (Phi) is 21.4. The van der Waals surface area contributed by atoms with E-state index >= 15 is 0 Å². The van der Waals surface area contributed by atoms with Gasteiger partial charge in [0.1, 0.15) is 0 Å². The molecule has 0 aliphatic carbocycles. The fraction of sp³-hybridized carbons (Fsp3) is 0. The SMILES string of the molecule is O=C(O)OO.[Fe].[Fe]. The van der Waals surface area contributed by atoms with Crippen LogP contribution in [0.5, 0.6) is 0 Å². The van der Waals surface area contributed by atoms with Crippen LogP contribution in [-0.4, -0.2) is 16.5 Å². The van der Waals surface area contributed by atoms with Gasteiger partial charge in [0.05, 0.1) is 0 Å². The Hall–Kier alpha value is 0.269. The van der Waals surface area contributed by atoms with Gasteiger partial charge in [0.15, 0.2) is 0 Å². The van der Waals surface area contributed by atoms with Crippen molar-refractivity contribution < 1.29 is 54.2 Å². The van der Waals surface area contributed by atoms with Crippen LogP contribution in [0.4, 0.5) is 4.79 Å². The van der Waals surface area contributed by atoms with Gasteiger partial charge in [0, 0.05) is 34.1 Å². The molecule has 6 heteroatoms. The van der Waals surface area contributed by atoms with E-state index in [0.717, 1.165) is 0 Å². The fourth-order valence-corrected chi connectivity index (χ4v) is 0. The summed E-state index contributed by atoms with van der Waals surface area (Å²) >= 11 is 0. The molecule has 0 saturated carbocycles. The summed E-state index contributed by atoms with van der Waals surface area (Å²) in [5.41, 5.74) is 0. The van der Waals surface area contributed by atoms with Crippen LogP contribution in [0, 0.1) is 0 Å². The molecule has 0 aromatic carbocycles. The van der Waals surface area contributed by atoms with Crippen molar-refractivity contribution >= 4 is 6.16 Å². The van der Waals surface area contributed by atoms with Gasteiger partial charge in [-0.25, -0.2) is 4.79 Å². The molecule has 0 atom stereocenters. The first-order chi connectivity index (χ1) is 2.27. The van der Waals surface area contributed by atoms with Crippen molar-refractivity contribution in [3.8, 4) is 0 Å². The molecule has 0 aliphatic rings. The maximum absolute atomic E-state index is 8.90. The summed E-state index contributed by atoms with van der Waals surface area (Å²) < 4.78 is 0. The molecule has 0 radical (unpaired) electrons. The Morgan fingerprint density at radius 1 is 1.43 bits per heavy atom. The summed E-state index contributed by atoms with van der Waals surface area (Å²) in [6, 6.07) is 0. The average molecular weight is 190 g/mol. The van der Waals surface area contributed by atoms with Gasteiger partial charge >= 0.3 is 6.16 Å². The third-order valence-electron chi connectivity index (χ3n) is 0.0781. The van der Waals surface area contributed by atoms with Crippen LogP contribution in [0.3, 0.4) is 0 Å². The van der Waals surface area contributed by atoms with E-state index in [1.165, 1.54) is 0 Å². The maximum atomic E-state index is 8.90. The second-order valence-electron chi connectivity index (χ2n) is 0.357. The van der Waals surface area contributed by atoms with E-state index in [-0.39, 0.29) is 34.1 Å². The minimum Gasteiger partial charge on any atom is -0.448 e. The predicted octanol–water partition coefficient (Wildman–Crippen LogP) is 0.149. The standard InChI is InChI=1S/CH2O4.2Fe/c2-1(3)5-4;;/h4H,(H,2,3);;. The van der Waals surface area contributed by atoms with E-state index in [1.807, 2.05) is 0 Å². The Morgan fingerprint density at radius 2 is 1.57 bits per heavy atom. The monoisotopic (exact) mass is 190 g/mol. The van der Waals surface area contributed by atoms with Crippen molar-refractivity contribution in [1.29, 1.82) is 0 Å². The zero-order valence-electron chi connectivity index (χ0n) is 2.92. The quantitative estimate of drug-likeness (QED) is 0.324. The zero-order valence-corrected chi connectivity index (χ0v) is 5.13. The number of carbonyl (C=O) groups is 1. The van der Waals surface area contributed by atoms with Gasteiger partial charge in [0.25, 0.3) is 0 Å². The van der Waals surface area contributed by atoms with Gasteiger partial charge in [-0.15, -0.1) is 0 Å². The first-order valence-electron chi connectivity index (χ1n) is 0.814. The number of carboxylic acid groups (broad SMARTS) is 1. The molecule has 0 heterocycles. The van der Waals surface area contributed by atoms with E-state index < -0.39 is 6.16 Å². The minimum absolute atomic E-state index is 0. The van der Waals surface area contributed by atoms with E-state index in [1.54, 1.807) is 0 Å². The summed E-state index contributed by atoms with van der Waals surface area (Å²) in [5.74, 6) is 0. The Balaban J connectivity index is -0.0000000800. The van der Waals surface area contributed by atoms with Gasteiger partial charge in [-0.1, -0.05) is 0 Å². The average Bonchev–Trinajstić information content (AvgIpc) is 1.38. The van der Waals surface area contributed by atoms with Gasteiger partial charge < -0.3 is 5.11 Å². The summed E-state index contributed by atoms with van der Waals surface area (Å²) in [4.78, 5) is 11.6. The molecule has 0 unspecified atom stereocenters. The van der Waals surface area contributed by atoms with Crippen LogP contribution in [0.1, 0.15) is 0 Å². The molecule has 46 valence electrons. The molecule has 0 fully saturated rings. The van der Waals surface area contributed by atoms with Crippen LogP contribution in [0.15, 0.2) is 0 Å². The van der Waals surface area contributed by atoms with Crippen molar-refractivity contribution in [2.24, 2.45) is 0 Å². The smallest absolute Gasteiger partial charge is 0.448 e. The summed E-state index contributed by atoms with van der Waals surface area (Å²) in [6.07, 6.45) is -1.69. The minimum atomic E-state index is -1.69. The molecule has 0 amide bonds. The van der Waals surface area contributed by atoms with E-state index in [9.17, 15) is 0 Å². The number of hydrogen-bond donors (Lipinski definition) is 2. The molecule has 0 aromatic heterocycles. The fourth-order valence-electron chi connectivity index (χ4n) is 0. The Bertz CT molecular complexity index is 45.0. The number of rotatable bonds is 0. The van der Waals surface area contributed by atoms with Gasteiger partial charge in [-0.2, -0.15) is 5.26 Å². The van der Waals surface area contributed by atoms with Crippen molar-refractivity contribution in [2.45, 2.75) is 0 Å². The Morgan fingerprint density at radius 3 is 1.57 bits per heavy atom. The van der Waals surface area contributed by atoms with Crippen LogP contribution in [0.25, 0.3) is 0 Å². The molecule has 0 saturated heterocycles. The number of hydrogen-bond acceptors (Lipinski definition) is 3. The molecule has 7 heavy (non-hydrogen) atoms. The molecule has 2 N–H and O–H groups in total. The van der Waals surface area contributed by atoms with E-state index in [2.05, 4.69) is 4.89 Å². The van der Waals surface area contributed by atoms with Gasteiger partial charge in [-0.05, 0) is 0 Å². The third kappa shape index (κ3) is 22.2. The van der Waals surface area contributed by atoms with Gasteiger partial charge in [-0.3, -0.25) is 4.89 Å². The molecule has 0 rings (SSSR count). The largest absolute Gasteiger partial charge is 0.537 e. The van der Waals surface area contributed by atoms with Crippen LogP contribution in [0.2, 0.25) is 0 Å². The second kappa shape index (κ2) is 9.55. The zero-order chi connectivity index (χ0) is 4.28. The molecule has 0 aliphatic heterocycles. The second-order valence-corrected chi connectivity index (χ2v) is 0.357. The van der Waals surface area contributed by atoms with E-state index in [4.69, 9.17) is 15.2 Å². The van der Waals surface area contributed by atoms with E-state index in [0.29, 0.717) is 0 Å². The Labute approximate surface area is 60.7 Å². The topological polar surface area (TPSA) is 66.8 Å². The molecule has 0 bridgehead atoms. The maximum Gasteiger partial charge on any atom is 0.537 e. The third-order valence-corrected chi connectivity index (χ3v) is 0.0781. The van der Waals surface area contributed by atoms with Crippen LogP contribution in [-0.2, 0) is 39.0 Å². The predicted molar refractivity (Wildman–Crippen MR) is 11.7 cm³/mol. The van der Waals surface area contributed by atoms with Crippen LogP contribution < -0.4 is 0 Å². The van der Waals surface area contributed by atoms with Crippen LogP contribution >= 0.6 is 0 Å². The van der Waals surface area contributed by atoms with Crippen molar-refractivity contribution in [2.75, 3.05) is 0 Å². The first-order valence-corrected chi connectivity index (χ1v) is 0.814. The molecule has 0 aromatic rings. The van der Waals surface area contributed by atoms with Gasteiger partial charge in [0.2, 0.25) is 0 Å². The summed E-state index contributed by atoms with van der Waals surface area (Å²) in [5, 5.41) is 14.3. The summed E-state index contributed by atoms with van der Waals surface area (Å²) in [6.45, 7) is 0. The first kappa shape index (κ1) is 15.7. The molecule has 4 nitrogen and oxygen atoms in total. The summed E-state index contributed by atoms with van der Waals surface area (Å²) in [7, 11) is 0. The molecular weight excluding hydrogens is 188 g/mol. The molecule has 0 spiro atoms. The molecular formula is CH2Fe2O4. The normalized spacial score (nSPS) is 4.71. The van der Waals surface area contributed by atoms with Crippen molar-refractivity contribution in [3.05, 3.63) is 0 Å².